The zero-order valence-electron chi connectivity index (χ0n) is 40.3. The molecule has 4 aromatic rings. The molecule has 0 aromatic heterocycles. The topological polar surface area (TPSA) is 520 Å². The molecule has 0 unspecified atom stereocenters. The van der Waals surface area contributed by atoms with Crippen molar-refractivity contribution in [2.45, 2.75) is 24.5 Å². The van der Waals surface area contributed by atoms with Gasteiger partial charge in [0.2, 0.25) is 10.4 Å². The number of azo groups is 3. The van der Waals surface area contributed by atoms with Crippen LogP contribution in [-0.4, -0.2) is 108 Å². The third-order valence-corrected chi connectivity index (χ3v) is 16.4. The molecule has 0 aliphatic carbocycles. The second kappa shape index (κ2) is 35.3. The van der Waals surface area contributed by atoms with Gasteiger partial charge >= 0.3 is 148 Å². The smallest absolute Gasteiger partial charge is 0.744 e. The maximum absolute atomic E-state index is 13.1. The fourth-order valence-electron chi connectivity index (χ4n) is 5.16. The predicted molar refractivity (Wildman–Crippen MR) is 233 cm³/mol. The van der Waals surface area contributed by atoms with E-state index in [1.54, 1.807) is 0 Å². The number of nitrogen functional groups attached to an aromatic ring is 2. The minimum absolute atomic E-state index is 0. The van der Waals surface area contributed by atoms with Crippen molar-refractivity contribution in [3.63, 3.8) is 0 Å². The summed E-state index contributed by atoms with van der Waals surface area (Å²) in [5.41, 5.74) is 7.60. The molecule has 0 saturated heterocycles. The van der Waals surface area contributed by atoms with Gasteiger partial charge < -0.3 is 40.4 Å². The molecule has 0 atom stereocenters. The molecule has 0 aliphatic heterocycles. The molecule has 0 amide bonds. The van der Waals surface area contributed by atoms with Gasteiger partial charge in [0.15, 0.2) is 54.2 Å². The summed E-state index contributed by atoms with van der Waals surface area (Å²) in [6.45, 7) is -2.33. The van der Waals surface area contributed by atoms with Crippen molar-refractivity contribution >= 4 is 130 Å². The molecule has 33 nitrogen and oxygen atoms in total. The number of hydrogen-bond acceptors (Lipinski definition) is 35. The Labute approximate surface area is 558 Å². The Bertz CT molecular complexity index is 3440. The summed E-state index contributed by atoms with van der Waals surface area (Å²) in [7, 11) is -28.6. The minimum Gasteiger partial charge on any atom is -0.744 e. The van der Waals surface area contributed by atoms with Crippen LogP contribution in [0.1, 0.15) is 0 Å². The zero-order valence-corrected chi connectivity index (χ0v) is 56.9. The van der Waals surface area contributed by atoms with Crippen molar-refractivity contribution in [3.05, 3.63) is 60.7 Å². The first-order chi connectivity index (χ1) is 33.5. The van der Waals surface area contributed by atoms with Crippen LogP contribution in [-0.2, 0) is 91.4 Å². The Kier molecular flexibility index (Phi) is 36.3. The van der Waals surface area contributed by atoms with Crippen LogP contribution in [0.2, 0.25) is 0 Å². The van der Waals surface area contributed by atoms with Gasteiger partial charge in [-0.2, -0.15) is 0 Å². The molecule has 4 rings (SSSR count). The van der Waals surface area contributed by atoms with E-state index in [0.717, 1.165) is 30.3 Å². The average molecular weight is 1290 g/mol. The first-order valence-corrected chi connectivity index (χ1v) is 28.6. The standard InChI is InChI=1S/C31H34N8O25S8.5Na/c1-57-26-7-4-18(67(42,43)11-8-58-65-63-61-40)14-23(26)36-38-25-17-24(37-34-21-5-2-19(15-27(21)70(48,49)50)68(44,45)12-9-59-66-64-62-41)29(32)31(30(25)33)39-35-22-6-3-20(16-28(22)71(51,52)53)69(46,47)13-10-60-72(54,55)56;;;;;/h2-7,14-17,40-41H,8-13,32-33H2,1H3,(H,48,49,50)(H,51,52,53)(H,54,55,56);;;;;/q;5*+1/p-5. The summed E-state index contributed by atoms with van der Waals surface area (Å²) >= 11 is 0.0340. The van der Waals surface area contributed by atoms with Gasteiger partial charge in [0, 0.05) is 0 Å². The molecule has 0 fully saturated rings. The molecular weight excluding hydrogens is 1260 g/mol. The number of ether oxygens (including phenoxy) is 1. The Morgan fingerprint density at radius 3 is 1.23 bits per heavy atom. The Balaban J connectivity index is 0. The third kappa shape index (κ3) is 24.6. The molecule has 46 heteroatoms. The number of benzene rings is 4. The fraction of sp³-hybridized carbons (Fsp3) is 0.226. The number of nitrogens with two attached hydrogens (primary N) is 2. The molecular formula is C31H29N8Na5O25S8. The SMILES string of the molecule is COc1ccc(S(=O)(=O)CCOSOO[O-])cc1N=Nc1cc(N=Nc2ccc(S(=O)(=O)CCOSOO[O-])cc2S(=O)(=O)[O-])c(N)c(N=Nc2ccc(S(=O)(=O)CCOS(=O)(=O)[O-])cc2S(=O)(=O)[O-])c1N.[Na+].[Na+].[Na+].[Na+].[Na+]. The van der Waals surface area contributed by atoms with Crippen LogP contribution in [0, 0.1) is 0 Å². The van der Waals surface area contributed by atoms with Gasteiger partial charge in [-0.05, 0) is 60.7 Å². The van der Waals surface area contributed by atoms with Crippen molar-refractivity contribution in [2.75, 3.05) is 55.7 Å². The van der Waals surface area contributed by atoms with Crippen LogP contribution in [0.5, 0.6) is 5.75 Å². The summed E-state index contributed by atoms with van der Waals surface area (Å²) in [6, 6.07) is 7.90. The molecule has 0 radical (unpaired) electrons. The van der Waals surface area contributed by atoms with Gasteiger partial charge in [-0.25, -0.2) is 50.5 Å². The molecule has 0 spiro atoms. The van der Waals surface area contributed by atoms with E-state index in [2.05, 4.69) is 57.8 Å². The number of methoxy groups -OCH3 is 1. The zero-order chi connectivity index (χ0) is 53.7. The number of sulfone groups is 3. The minimum atomic E-state index is -5.65. The second-order valence-corrected chi connectivity index (χ2v) is 24.0. The van der Waals surface area contributed by atoms with Crippen LogP contribution in [0.15, 0.2) is 116 Å². The van der Waals surface area contributed by atoms with Crippen molar-refractivity contribution in [3.8, 4) is 5.75 Å². The first-order valence-electron chi connectivity index (χ1n) is 18.2. The van der Waals surface area contributed by atoms with Crippen molar-refractivity contribution in [1.29, 1.82) is 0 Å². The molecule has 4 aromatic carbocycles. The van der Waals surface area contributed by atoms with E-state index in [-0.39, 0.29) is 189 Å². The van der Waals surface area contributed by atoms with Crippen molar-refractivity contribution in [1.82, 2.24) is 0 Å². The number of hydrogen-bond donors (Lipinski definition) is 2. The van der Waals surface area contributed by atoms with Crippen LogP contribution in [0.4, 0.5) is 45.5 Å². The van der Waals surface area contributed by atoms with E-state index in [9.17, 15) is 74.7 Å². The van der Waals surface area contributed by atoms with Gasteiger partial charge in [-0.15, -0.1) is 39.4 Å². The van der Waals surface area contributed by atoms with Gasteiger partial charge in [0.1, 0.15) is 60.1 Å². The third-order valence-electron chi connectivity index (χ3n) is 8.41. The van der Waals surface area contributed by atoms with E-state index >= 15 is 0 Å². The molecule has 396 valence electrons. The van der Waals surface area contributed by atoms with Gasteiger partial charge in [-0.3, -0.25) is 22.6 Å². The molecule has 4 N–H and O–H groups in total. The van der Waals surface area contributed by atoms with E-state index < -0.39 is 157 Å². The summed E-state index contributed by atoms with van der Waals surface area (Å²) < 4.78 is 210. The molecule has 0 bridgehead atoms. The average Bonchev–Trinajstić information content (AvgIpc) is 3.29. The Morgan fingerprint density at radius 1 is 0.481 bits per heavy atom. The summed E-state index contributed by atoms with van der Waals surface area (Å²) in [5, 5.41) is 49.0. The van der Waals surface area contributed by atoms with Crippen LogP contribution in [0.25, 0.3) is 0 Å². The first kappa shape index (κ1) is 79.1. The Morgan fingerprint density at radius 2 is 0.844 bits per heavy atom. The summed E-state index contributed by atoms with van der Waals surface area (Å²) in [5.74, 6) is -2.79. The van der Waals surface area contributed by atoms with Gasteiger partial charge in [-0.1, -0.05) is 0 Å². The van der Waals surface area contributed by atoms with Gasteiger partial charge in [0.05, 0.1) is 80.0 Å². The van der Waals surface area contributed by atoms with E-state index in [4.69, 9.17) is 20.4 Å². The molecule has 0 heterocycles. The second-order valence-electron chi connectivity index (χ2n) is 12.9. The molecule has 0 aliphatic rings. The Hall–Kier alpha value is 0. The maximum Gasteiger partial charge on any atom is 1.00 e. The molecule has 0 saturated carbocycles. The van der Waals surface area contributed by atoms with Crippen molar-refractivity contribution < 1.29 is 258 Å². The quantitative estimate of drug-likeness (QED) is 0.00614. The van der Waals surface area contributed by atoms with Crippen LogP contribution in [0.3, 0.4) is 0 Å². The van der Waals surface area contributed by atoms with Gasteiger partial charge in [0.25, 0.3) is 0 Å². The maximum atomic E-state index is 13.1. The van der Waals surface area contributed by atoms with Crippen LogP contribution >= 0.6 is 24.6 Å². The van der Waals surface area contributed by atoms with E-state index in [1.165, 1.54) is 13.2 Å². The predicted octanol–water partition coefficient (Wildman–Crippen LogP) is -13.7. The van der Waals surface area contributed by atoms with Crippen molar-refractivity contribution in [2.24, 2.45) is 30.7 Å². The number of anilines is 2. The van der Waals surface area contributed by atoms with Crippen LogP contribution < -0.4 is 175 Å². The van der Waals surface area contributed by atoms with E-state index in [1.807, 2.05) is 0 Å². The normalized spacial score (nSPS) is 12.3. The largest absolute Gasteiger partial charge is 1.00 e. The number of nitrogens with zero attached hydrogens (tertiary/aromatic N) is 6. The molecule has 77 heavy (non-hydrogen) atoms. The number of rotatable bonds is 28. The van der Waals surface area contributed by atoms with E-state index in [0.29, 0.717) is 24.3 Å². The fourth-order valence-corrected chi connectivity index (χ4v) is 10.9. The summed E-state index contributed by atoms with van der Waals surface area (Å²) in [4.78, 5) is -4.55. The summed E-state index contributed by atoms with van der Waals surface area (Å²) in [6.07, 6.45) is 0. The monoisotopic (exact) mass is 1280 g/mol.